The average molecular weight is 343 g/mol. The first-order chi connectivity index (χ1) is 9.22. The summed E-state index contributed by atoms with van der Waals surface area (Å²) in [5, 5.41) is 3.60. The molecule has 1 unspecified atom stereocenters. The molecule has 1 fully saturated rings. The van der Waals surface area contributed by atoms with Crippen LogP contribution in [0.5, 0.6) is 0 Å². The Bertz CT molecular complexity index is 405. The van der Waals surface area contributed by atoms with E-state index in [-0.39, 0.29) is 0 Å². The van der Waals surface area contributed by atoms with Crippen molar-refractivity contribution in [3.63, 3.8) is 0 Å². The lowest BCUT2D eigenvalue weighted by Gasteiger charge is -2.32. The van der Waals surface area contributed by atoms with Crippen molar-refractivity contribution in [3.8, 4) is 0 Å². The van der Waals surface area contributed by atoms with Crippen LogP contribution in [-0.2, 0) is 0 Å². The number of rotatable bonds is 5. The van der Waals surface area contributed by atoms with Crippen molar-refractivity contribution in [1.29, 1.82) is 0 Å². The van der Waals surface area contributed by atoms with Gasteiger partial charge in [0.15, 0.2) is 0 Å². The zero-order valence-corrected chi connectivity index (χ0v) is 14.2. The Balaban J connectivity index is 2.21. The molecule has 0 saturated carbocycles. The molecular formula is C15H23BrN2S. The van der Waals surface area contributed by atoms with Crippen molar-refractivity contribution in [1.82, 2.24) is 5.32 Å². The molecule has 0 amide bonds. The highest BCUT2D eigenvalue weighted by atomic mass is 79.9. The Morgan fingerprint density at radius 3 is 2.79 bits per heavy atom. The maximum atomic E-state index is 3.61. The minimum absolute atomic E-state index is 0.405. The molecule has 1 aliphatic rings. The zero-order valence-electron chi connectivity index (χ0n) is 11.8. The minimum atomic E-state index is 0.405. The van der Waals surface area contributed by atoms with Gasteiger partial charge in [-0.2, -0.15) is 11.8 Å². The van der Waals surface area contributed by atoms with E-state index in [9.17, 15) is 0 Å². The Morgan fingerprint density at radius 1 is 1.37 bits per heavy atom. The fourth-order valence-corrected chi connectivity index (χ4v) is 3.72. The highest BCUT2D eigenvalue weighted by molar-refractivity contribution is 9.10. The lowest BCUT2D eigenvalue weighted by molar-refractivity contribution is 0.569. The molecule has 0 aromatic heterocycles. The van der Waals surface area contributed by atoms with Crippen LogP contribution in [0, 0.1) is 0 Å². The Morgan fingerprint density at radius 2 is 2.11 bits per heavy atom. The van der Waals surface area contributed by atoms with Crippen molar-refractivity contribution in [2.75, 3.05) is 36.0 Å². The molecular weight excluding hydrogens is 320 g/mol. The number of nitrogens with zero attached hydrogens (tertiary/aromatic N) is 1. The summed E-state index contributed by atoms with van der Waals surface area (Å²) >= 11 is 5.66. The van der Waals surface area contributed by atoms with Gasteiger partial charge in [-0.15, -0.1) is 0 Å². The van der Waals surface area contributed by atoms with Crippen molar-refractivity contribution >= 4 is 33.4 Å². The lowest BCUT2D eigenvalue weighted by atomic mass is 10.0. The molecule has 19 heavy (non-hydrogen) atoms. The topological polar surface area (TPSA) is 15.3 Å². The molecule has 0 spiro atoms. The lowest BCUT2D eigenvalue weighted by Crippen LogP contribution is -2.34. The number of benzene rings is 1. The number of nitrogens with one attached hydrogen (secondary N) is 1. The van der Waals surface area contributed by atoms with E-state index in [1.165, 1.54) is 46.7 Å². The third-order valence-electron chi connectivity index (χ3n) is 3.51. The van der Waals surface area contributed by atoms with Gasteiger partial charge in [0, 0.05) is 40.8 Å². The van der Waals surface area contributed by atoms with E-state index in [1.54, 1.807) is 0 Å². The summed E-state index contributed by atoms with van der Waals surface area (Å²) in [5.41, 5.74) is 2.81. The van der Waals surface area contributed by atoms with Crippen LogP contribution in [0.15, 0.2) is 22.7 Å². The van der Waals surface area contributed by atoms with Gasteiger partial charge in [-0.25, -0.2) is 0 Å². The predicted molar refractivity (Wildman–Crippen MR) is 90.4 cm³/mol. The van der Waals surface area contributed by atoms with Gasteiger partial charge < -0.3 is 10.2 Å². The summed E-state index contributed by atoms with van der Waals surface area (Å²) in [6.45, 7) is 7.88. The highest BCUT2D eigenvalue weighted by Gasteiger charge is 2.17. The van der Waals surface area contributed by atoms with E-state index in [1.807, 2.05) is 0 Å². The third kappa shape index (κ3) is 4.14. The van der Waals surface area contributed by atoms with E-state index in [0.717, 1.165) is 6.54 Å². The molecule has 1 aliphatic heterocycles. The fourth-order valence-electron chi connectivity index (χ4n) is 2.44. The van der Waals surface area contributed by atoms with Gasteiger partial charge in [-0.1, -0.05) is 22.9 Å². The fraction of sp³-hybridized carbons (Fsp3) is 0.600. The number of hydrogen-bond acceptors (Lipinski definition) is 3. The van der Waals surface area contributed by atoms with Crippen molar-refractivity contribution < 1.29 is 0 Å². The second-order valence-electron chi connectivity index (χ2n) is 4.98. The molecule has 1 N–H and O–H groups in total. The van der Waals surface area contributed by atoms with Gasteiger partial charge in [0.25, 0.3) is 0 Å². The normalized spacial score (nSPS) is 17.5. The largest absolute Gasteiger partial charge is 0.370 e. The van der Waals surface area contributed by atoms with Crippen LogP contribution in [-0.4, -0.2) is 31.1 Å². The van der Waals surface area contributed by atoms with Gasteiger partial charge >= 0.3 is 0 Å². The van der Waals surface area contributed by atoms with Gasteiger partial charge in [-0.3, -0.25) is 0 Å². The summed E-state index contributed by atoms with van der Waals surface area (Å²) in [5.74, 6) is 2.48. The van der Waals surface area contributed by atoms with E-state index < -0.39 is 0 Å². The second-order valence-corrected chi connectivity index (χ2v) is 7.12. The van der Waals surface area contributed by atoms with Crippen LogP contribution >= 0.6 is 27.7 Å². The molecule has 4 heteroatoms. The molecule has 2 rings (SSSR count). The maximum absolute atomic E-state index is 3.61. The summed E-state index contributed by atoms with van der Waals surface area (Å²) < 4.78 is 1.17. The minimum Gasteiger partial charge on any atom is -0.370 e. The summed E-state index contributed by atoms with van der Waals surface area (Å²) in [6.07, 6.45) is 1.17. The highest BCUT2D eigenvalue weighted by Crippen LogP contribution is 2.31. The van der Waals surface area contributed by atoms with Gasteiger partial charge in [-0.05, 0) is 43.7 Å². The summed E-state index contributed by atoms with van der Waals surface area (Å²) in [4.78, 5) is 2.53. The zero-order chi connectivity index (χ0) is 13.7. The molecule has 1 heterocycles. The second kappa shape index (κ2) is 7.55. The number of hydrogen-bond donors (Lipinski definition) is 1. The van der Waals surface area contributed by atoms with Crippen molar-refractivity contribution in [2.24, 2.45) is 0 Å². The molecule has 0 aliphatic carbocycles. The Labute approximate surface area is 129 Å². The van der Waals surface area contributed by atoms with E-state index >= 15 is 0 Å². The van der Waals surface area contributed by atoms with Gasteiger partial charge in [0.2, 0.25) is 0 Å². The number of anilines is 1. The van der Waals surface area contributed by atoms with Crippen LogP contribution < -0.4 is 10.2 Å². The molecule has 1 aromatic rings. The number of halogens is 1. The molecule has 1 aromatic carbocycles. The third-order valence-corrected chi connectivity index (χ3v) is 4.94. The first kappa shape index (κ1) is 15.2. The standard InChI is InChI=1S/C15H23BrN2S/c1-3-6-17-12(2)14-11-13(16)4-5-15(14)18-7-9-19-10-8-18/h4-5,11-12,17H,3,6-10H2,1-2H3. The molecule has 2 nitrogen and oxygen atoms in total. The van der Waals surface area contributed by atoms with E-state index in [0.29, 0.717) is 6.04 Å². The van der Waals surface area contributed by atoms with E-state index in [4.69, 9.17) is 0 Å². The SMILES string of the molecule is CCCNC(C)c1cc(Br)ccc1N1CCSCC1. The smallest absolute Gasteiger partial charge is 0.0415 e. The first-order valence-electron chi connectivity index (χ1n) is 7.08. The monoisotopic (exact) mass is 342 g/mol. The molecule has 1 atom stereocenters. The van der Waals surface area contributed by atoms with Crippen LogP contribution in [0.3, 0.4) is 0 Å². The summed E-state index contributed by atoms with van der Waals surface area (Å²) in [6, 6.07) is 7.10. The quantitative estimate of drug-likeness (QED) is 0.868. The van der Waals surface area contributed by atoms with Crippen molar-refractivity contribution in [2.45, 2.75) is 26.3 Å². The number of thioether (sulfide) groups is 1. The predicted octanol–water partition coefficient (Wildman–Crippen LogP) is 4.06. The average Bonchev–Trinajstić information content (AvgIpc) is 2.45. The molecule has 106 valence electrons. The molecule has 0 radical (unpaired) electrons. The molecule has 1 saturated heterocycles. The Hall–Kier alpha value is -0.190. The Kier molecular flexibility index (Phi) is 6.05. The van der Waals surface area contributed by atoms with Gasteiger partial charge in [0.05, 0.1) is 0 Å². The maximum Gasteiger partial charge on any atom is 0.0415 e. The van der Waals surface area contributed by atoms with Crippen LogP contribution in [0.4, 0.5) is 5.69 Å². The van der Waals surface area contributed by atoms with E-state index in [2.05, 4.69) is 70.0 Å². The van der Waals surface area contributed by atoms with Gasteiger partial charge in [0.1, 0.15) is 0 Å². The first-order valence-corrected chi connectivity index (χ1v) is 9.02. The van der Waals surface area contributed by atoms with Crippen LogP contribution in [0.1, 0.15) is 31.9 Å². The molecule has 0 bridgehead atoms. The summed E-state index contributed by atoms with van der Waals surface area (Å²) in [7, 11) is 0. The van der Waals surface area contributed by atoms with Crippen LogP contribution in [0.2, 0.25) is 0 Å². The van der Waals surface area contributed by atoms with Crippen molar-refractivity contribution in [3.05, 3.63) is 28.2 Å². The van der Waals surface area contributed by atoms with Crippen LogP contribution in [0.25, 0.3) is 0 Å².